The number of rotatable bonds is 3. The third kappa shape index (κ3) is 2.71. The van der Waals surface area contributed by atoms with Crippen LogP contribution in [0.2, 0.25) is 0 Å². The van der Waals surface area contributed by atoms with E-state index in [0.29, 0.717) is 16.7 Å². The van der Waals surface area contributed by atoms with Crippen LogP contribution in [0.1, 0.15) is 6.42 Å². The summed E-state index contributed by atoms with van der Waals surface area (Å²) in [5.41, 5.74) is 5.61. The summed E-state index contributed by atoms with van der Waals surface area (Å²) in [5, 5.41) is 12.1. The van der Waals surface area contributed by atoms with E-state index in [1.807, 2.05) is 0 Å². The zero-order chi connectivity index (χ0) is 10.6. The number of nitrogens with one attached hydrogen (secondary N) is 1. The lowest BCUT2D eigenvalue weighted by Crippen LogP contribution is -2.16. The van der Waals surface area contributed by atoms with E-state index in [2.05, 4.69) is 21.2 Å². The van der Waals surface area contributed by atoms with Gasteiger partial charge in [-0.1, -0.05) is 6.07 Å². The Hall–Kier alpha value is -1.07. The molecule has 14 heavy (non-hydrogen) atoms. The highest BCUT2D eigenvalue weighted by Gasteiger charge is 2.07. The van der Waals surface area contributed by atoms with E-state index in [9.17, 15) is 9.90 Å². The highest BCUT2D eigenvalue weighted by molar-refractivity contribution is 9.10. The van der Waals surface area contributed by atoms with Crippen molar-refractivity contribution in [3.05, 3.63) is 22.7 Å². The number of nitrogens with two attached hydrogens (primary N) is 1. The summed E-state index contributed by atoms with van der Waals surface area (Å²) in [7, 11) is 0. The standard InChI is InChI=1S/C9H11BrN2O2/c10-6-2-1-3-7(9(6)14)12-8(13)4-5-11/h1-3,14H,4-5,11H2,(H,12,13). The van der Waals surface area contributed by atoms with Crippen molar-refractivity contribution in [3.8, 4) is 5.75 Å². The Kier molecular flexibility index (Phi) is 3.91. The summed E-state index contributed by atoms with van der Waals surface area (Å²) in [6, 6.07) is 5.03. The molecule has 0 radical (unpaired) electrons. The van der Waals surface area contributed by atoms with E-state index >= 15 is 0 Å². The van der Waals surface area contributed by atoms with Crippen LogP contribution in [0, 0.1) is 0 Å². The predicted molar refractivity (Wildman–Crippen MR) is 58.1 cm³/mol. The fourth-order valence-electron chi connectivity index (χ4n) is 0.960. The number of carbonyl (C=O) groups is 1. The number of aromatic hydroxyl groups is 1. The zero-order valence-electron chi connectivity index (χ0n) is 7.46. The lowest BCUT2D eigenvalue weighted by Gasteiger charge is -2.07. The molecule has 76 valence electrons. The molecule has 0 aliphatic heterocycles. The minimum absolute atomic E-state index is 0.0258. The van der Waals surface area contributed by atoms with Crippen molar-refractivity contribution < 1.29 is 9.90 Å². The van der Waals surface area contributed by atoms with E-state index in [0.717, 1.165) is 0 Å². The molecule has 0 heterocycles. The summed E-state index contributed by atoms with van der Waals surface area (Å²) < 4.78 is 0.544. The van der Waals surface area contributed by atoms with Crippen LogP contribution in [0.25, 0.3) is 0 Å². The number of carbonyl (C=O) groups excluding carboxylic acids is 1. The van der Waals surface area contributed by atoms with Gasteiger partial charge in [0.15, 0.2) is 5.75 Å². The minimum Gasteiger partial charge on any atom is -0.505 e. The van der Waals surface area contributed by atoms with Crippen LogP contribution >= 0.6 is 15.9 Å². The topological polar surface area (TPSA) is 75.4 Å². The summed E-state index contributed by atoms with van der Waals surface area (Å²) in [6.07, 6.45) is 0.242. The molecule has 0 aliphatic rings. The average molecular weight is 259 g/mol. The lowest BCUT2D eigenvalue weighted by atomic mass is 10.3. The fraction of sp³-hybridized carbons (Fsp3) is 0.222. The molecule has 5 heteroatoms. The van der Waals surface area contributed by atoms with Gasteiger partial charge >= 0.3 is 0 Å². The van der Waals surface area contributed by atoms with Gasteiger partial charge < -0.3 is 16.2 Å². The number of para-hydroxylation sites is 1. The molecule has 0 fully saturated rings. The van der Waals surface area contributed by atoms with Crippen molar-refractivity contribution in [3.63, 3.8) is 0 Å². The first kappa shape index (κ1) is 11.0. The van der Waals surface area contributed by atoms with Crippen molar-refractivity contribution in [2.75, 3.05) is 11.9 Å². The molecule has 0 saturated carbocycles. The molecule has 0 aliphatic carbocycles. The number of halogens is 1. The van der Waals surface area contributed by atoms with E-state index in [-0.39, 0.29) is 18.1 Å². The second-order valence-electron chi connectivity index (χ2n) is 2.72. The molecule has 4 nitrogen and oxygen atoms in total. The molecule has 0 aromatic heterocycles. The average Bonchev–Trinajstić information content (AvgIpc) is 2.13. The molecule has 0 bridgehead atoms. The highest BCUT2D eigenvalue weighted by Crippen LogP contribution is 2.31. The number of hydrogen-bond donors (Lipinski definition) is 3. The van der Waals surface area contributed by atoms with E-state index in [4.69, 9.17) is 5.73 Å². The maximum absolute atomic E-state index is 11.2. The minimum atomic E-state index is -0.207. The number of amides is 1. The molecule has 0 spiro atoms. The lowest BCUT2D eigenvalue weighted by molar-refractivity contribution is -0.116. The van der Waals surface area contributed by atoms with E-state index in [1.165, 1.54) is 0 Å². The summed E-state index contributed by atoms with van der Waals surface area (Å²) in [4.78, 5) is 11.2. The molecule has 0 unspecified atom stereocenters. The van der Waals surface area contributed by atoms with Crippen LogP contribution in [0.4, 0.5) is 5.69 Å². The molecular weight excluding hydrogens is 248 g/mol. The number of phenols is 1. The third-order valence-corrected chi connectivity index (χ3v) is 2.27. The van der Waals surface area contributed by atoms with E-state index in [1.54, 1.807) is 18.2 Å². The molecule has 1 aromatic rings. The Morgan fingerprint density at radius 3 is 2.93 bits per heavy atom. The van der Waals surface area contributed by atoms with Gasteiger partial charge in [0.2, 0.25) is 5.91 Å². The van der Waals surface area contributed by atoms with Gasteiger partial charge in [0.05, 0.1) is 10.2 Å². The van der Waals surface area contributed by atoms with Crippen LogP contribution in [0.5, 0.6) is 5.75 Å². The van der Waals surface area contributed by atoms with Crippen molar-refractivity contribution in [1.82, 2.24) is 0 Å². The van der Waals surface area contributed by atoms with Crippen molar-refractivity contribution in [2.45, 2.75) is 6.42 Å². The van der Waals surface area contributed by atoms with Gasteiger partial charge in [-0.05, 0) is 28.1 Å². The van der Waals surface area contributed by atoms with Gasteiger partial charge in [-0.2, -0.15) is 0 Å². The fourth-order valence-corrected chi connectivity index (χ4v) is 1.33. The molecule has 0 saturated heterocycles. The Balaban J connectivity index is 2.76. The molecule has 1 amide bonds. The number of phenolic OH excluding ortho intramolecular Hbond substituents is 1. The van der Waals surface area contributed by atoms with E-state index < -0.39 is 0 Å². The smallest absolute Gasteiger partial charge is 0.225 e. The van der Waals surface area contributed by atoms with Gasteiger partial charge in [-0.25, -0.2) is 0 Å². The monoisotopic (exact) mass is 258 g/mol. The largest absolute Gasteiger partial charge is 0.505 e. The van der Waals surface area contributed by atoms with Crippen molar-refractivity contribution in [1.29, 1.82) is 0 Å². The van der Waals surface area contributed by atoms with Crippen LogP contribution < -0.4 is 11.1 Å². The number of benzene rings is 1. The maximum atomic E-state index is 11.2. The zero-order valence-corrected chi connectivity index (χ0v) is 9.04. The second kappa shape index (κ2) is 4.97. The molecule has 4 N–H and O–H groups in total. The molecule has 1 rings (SSSR count). The van der Waals surface area contributed by atoms with Crippen LogP contribution in [-0.4, -0.2) is 17.6 Å². The van der Waals surface area contributed by atoms with Gasteiger partial charge in [0.25, 0.3) is 0 Å². The maximum Gasteiger partial charge on any atom is 0.225 e. The third-order valence-electron chi connectivity index (χ3n) is 1.63. The van der Waals surface area contributed by atoms with Crippen molar-refractivity contribution >= 4 is 27.5 Å². The predicted octanol–water partition coefficient (Wildman–Crippen LogP) is 1.44. The first-order chi connectivity index (χ1) is 6.65. The van der Waals surface area contributed by atoms with Gasteiger partial charge in [0, 0.05) is 13.0 Å². The summed E-state index contributed by atoms with van der Waals surface area (Å²) in [6.45, 7) is 0.292. The second-order valence-corrected chi connectivity index (χ2v) is 3.58. The van der Waals surface area contributed by atoms with Crippen molar-refractivity contribution in [2.24, 2.45) is 5.73 Å². The first-order valence-corrected chi connectivity index (χ1v) is 4.92. The Morgan fingerprint density at radius 1 is 1.57 bits per heavy atom. The Morgan fingerprint density at radius 2 is 2.29 bits per heavy atom. The highest BCUT2D eigenvalue weighted by atomic mass is 79.9. The van der Waals surface area contributed by atoms with Crippen LogP contribution in [0.3, 0.4) is 0 Å². The van der Waals surface area contributed by atoms with Crippen LogP contribution in [0.15, 0.2) is 22.7 Å². The molecule has 1 aromatic carbocycles. The Labute approximate surface area is 90.2 Å². The van der Waals surface area contributed by atoms with Gasteiger partial charge in [-0.3, -0.25) is 4.79 Å². The normalized spacial score (nSPS) is 9.86. The number of hydrogen-bond acceptors (Lipinski definition) is 3. The molecule has 0 atom stereocenters. The van der Waals surface area contributed by atoms with Gasteiger partial charge in [-0.15, -0.1) is 0 Å². The quantitative estimate of drug-likeness (QED) is 0.719. The number of anilines is 1. The first-order valence-electron chi connectivity index (χ1n) is 4.12. The SMILES string of the molecule is NCCC(=O)Nc1cccc(Br)c1O. The summed E-state index contributed by atoms with van der Waals surface area (Å²) in [5.74, 6) is -0.182. The summed E-state index contributed by atoms with van der Waals surface area (Å²) >= 11 is 3.15. The Bertz CT molecular complexity index is 342. The van der Waals surface area contributed by atoms with Crippen LogP contribution in [-0.2, 0) is 4.79 Å². The van der Waals surface area contributed by atoms with Gasteiger partial charge in [0.1, 0.15) is 0 Å². The molecular formula is C9H11BrN2O2.